The maximum absolute atomic E-state index is 12.5. The molecule has 0 aliphatic rings. The number of carbonyl (C=O) groups is 1. The number of nitrogen functional groups attached to an aromatic ring is 1. The third-order valence-corrected chi connectivity index (χ3v) is 3.75. The van der Waals surface area contributed by atoms with E-state index in [1.807, 2.05) is 0 Å². The molecule has 0 saturated heterocycles. The summed E-state index contributed by atoms with van der Waals surface area (Å²) in [6.07, 6.45) is 0.739. The highest BCUT2D eigenvalue weighted by atomic mass is 35.5. The fourth-order valence-corrected chi connectivity index (χ4v) is 2.17. The van der Waals surface area contributed by atoms with Crippen molar-refractivity contribution in [3.8, 4) is 0 Å². The lowest BCUT2D eigenvalue weighted by molar-refractivity contribution is 0.0674. The summed E-state index contributed by atoms with van der Waals surface area (Å²) in [5, 5.41) is 0.527. The van der Waals surface area contributed by atoms with E-state index in [2.05, 4.69) is 0 Å². The summed E-state index contributed by atoms with van der Waals surface area (Å²) in [5.41, 5.74) is 6.45. The second kappa shape index (κ2) is 9.10. The van der Waals surface area contributed by atoms with E-state index in [1.54, 1.807) is 19.1 Å². The first-order chi connectivity index (χ1) is 10.0. The van der Waals surface area contributed by atoms with Crippen LogP contribution in [0.2, 0.25) is 10.0 Å². The standard InChI is InChI=1S/C14H20Cl2N2O3/c1-20-6-3-4-18(5-7-21-2)14(19)10-8-11(15)13(16)12(17)9-10/h8-9H,3-7,17H2,1-2H3. The number of ether oxygens (including phenoxy) is 2. The summed E-state index contributed by atoms with van der Waals surface area (Å²) in [6, 6.07) is 3.06. The van der Waals surface area contributed by atoms with Gasteiger partial charge in [0.05, 0.1) is 22.3 Å². The summed E-state index contributed by atoms with van der Waals surface area (Å²) in [7, 11) is 3.22. The Labute approximate surface area is 134 Å². The maximum atomic E-state index is 12.5. The zero-order chi connectivity index (χ0) is 15.8. The van der Waals surface area contributed by atoms with Crippen LogP contribution in [-0.2, 0) is 9.47 Å². The molecule has 0 heterocycles. The molecule has 0 unspecified atom stereocenters. The number of carbonyl (C=O) groups excluding carboxylic acids is 1. The molecule has 0 aliphatic carbocycles. The van der Waals surface area contributed by atoms with Crippen molar-refractivity contribution in [2.45, 2.75) is 6.42 Å². The molecular weight excluding hydrogens is 315 g/mol. The number of methoxy groups -OCH3 is 2. The molecule has 0 aromatic heterocycles. The van der Waals surface area contributed by atoms with Gasteiger partial charge in [-0.2, -0.15) is 0 Å². The highest BCUT2D eigenvalue weighted by molar-refractivity contribution is 6.43. The third-order valence-electron chi connectivity index (χ3n) is 2.93. The highest BCUT2D eigenvalue weighted by Crippen LogP contribution is 2.29. The molecule has 0 fully saturated rings. The van der Waals surface area contributed by atoms with E-state index >= 15 is 0 Å². The van der Waals surface area contributed by atoms with E-state index in [0.29, 0.717) is 31.9 Å². The van der Waals surface area contributed by atoms with E-state index in [9.17, 15) is 4.79 Å². The lowest BCUT2D eigenvalue weighted by Gasteiger charge is -2.22. The Morgan fingerprint density at radius 2 is 1.86 bits per heavy atom. The van der Waals surface area contributed by atoms with Crippen molar-refractivity contribution in [1.29, 1.82) is 0 Å². The predicted molar refractivity (Wildman–Crippen MR) is 85.1 cm³/mol. The SMILES string of the molecule is COCCCN(CCOC)C(=O)c1cc(N)c(Cl)c(Cl)c1. The largest absolute Gasteiger partial charge is 0.397 e. The van der Waals surface area contributed by atoms with Crippen molar-refractivity contribution >= 4 is 34.8 Å². The molecular formula is C14H20Cl2N2O3. The fraction of sp³-hybridized carbons (Fsp3) is 0.500. The number of halogens is 2. The zero-order valence-corrected chi connectivity index (χ0v) is 13.7. The number of hydrogen-bond donors (Lipinski definition) is 1. The van der Waals surface area contributed by atoms with Crippen molar-refractivity contribution < 1.29 is 14.3 Å². The molecule has 21 heavy (non-hydrogen) atoms. The minimum Gasteiger partial charge on any atom is -0.397 e. The molecule has 1 amide bonds. The zero-order valence-electron chi connectivity index (χ0n) is 12.2. The second-order valence-electron chi connectivity index (χ2n) is 4.49. The van der Waals surface area contributed by atoms with Crippen LogP contribution in [0.25, 0.3) is 0 Å². The fourth-order valence-electron chi connectivity index (χ4n) is 1.83. The topological polar surface area (TPSA) is 64.8 Å². The lowest BCUT2D eigenvalue weighted by Crippen LogP contribution is -2.35. The maximum Gasteiger partial charge on any atom is 0.254 e. The third kappa shape index (κ3) is 5.36. The molecule has 7 heteroatoms. The monoisotopic (exact) mass is 334 g/mol. The average Bonchev–Trinajstić information content (AvgIpc) is 2.47. The lowest BCUT2D eigenvalue weighted by atomic mass is 10.1. The molecule has 0 spiro atoms. The van der Waals surface area contributed by atoms with E-state index in [-0.39, 0.29) is 21.6 Å². The Morgan fingerprint density at radius 3 is 2.43 bits per heavy atom. The minimum absolute atomic E-state index is 0.159. The summed E-state index contributed by atoms with van der Waals surface area (Å²) in [6.45, 7) is 2.09. The Bertz CT molecular complexity index is 460. The van der Waals surface area contributed by atoms with Crippen molar-refractivity contribution in [2.75, 3.05) is 46.3 Å². The van der Waals surface area contributed by atoms with E-state index in [4.69, 9.17) is 38.4 Å². The number of hydrogen-bond acceptors (Lipinski definition) is 4. The molecule has 1 rings (SSSR count). The first kappa shape index (κ1) is 18.0. The molecule has 0 aliphatic heterocycles. The van der Waals surface area contributed by atoms with Crippen LogP contribution < -0.4 is 5.73 Å². The Kier molecular flexibility index (Phi) is 7.82. The van der Waals surface area contributed by atoms with Crippen molar-refractivity contribution in [1.82, 2.24) is 4.90 Å². The van der Waals surface area contributed by atoms with Crippen LogP contribution in [0.1, 0.15) is 16.8 Å². The quantitative estimate of drug-likeness (QED) is 0.586. The van der Waals surface area contributed by atoms with Gasteiger partial charge in [-0.25, -0.2) is 0 Å². The van der Waals surface area contributed by atoms with Crippen molar-refractivity contribution in [3.05, 3.63) is 27.7 Å². The number of nitrogens with zero attached hydrogens (tertiary/aromatic N) is 1. The second-order valence-corrected chi connectivity index (χ2v) is 5.28. The molecule has 0 bridgehead atoms. The van der Waals surface area contributed by atoms with Crippen LogP contribution in [0, 0.1) is 0 Å². The van der Waals surface area contributed by atoms with Gasteiger partial charge in [0.15, 0.2) is 0 Å². The molecule has 2 N–H and O–H groups in total. The average molecular weight is 335 g/mol. The Balaban J connectivity index is 2.87. The van der Waals surface area contributed by atoms with Gasteiger partial charge >= 0.3 is 0 Å². The Morgan fingerprint density at radius 1 is 1.19 bits per heavy atom. The van der Waals surface area contributed by atoms with Crippen LogP contribution in [0.5, 0.6) is 0 Å². The van der Waals surface area contributed by atoms with E-state index in [0.717, 1.165) is 6.42 Å². The first-order valence-corrected chi connectivity index (χ1v) is 7.28. The molecule has 0 saturated carbocycles. The number of nitrogens with two attached hydrogens (primary N) is 1. The van der Waals surface area contributed by atoms with Gasteiger partial charge in [-0.15, -0.1) is 0 Å². The normalized spacial score (nSPS) is 10.7. The highest BCUT2D eigenvalue weighted by Gasteiger charge is 2.17. The molecule has 1 aromatic carbocycles. The van der Waals surface area contributed by atoms with Gasteiger partial charge in [-0.05, 0) is 18.6 Å². The van der Waals surface area contributed by atoms with Crippen LogP contribution in [0.4, 0.5) is 5.69 Å². The van der Waals surface area contributed by atoms with Gasteiger partial charge in [0.2, 0.25) is 0 Å². The van der Waals surface area contributed by atoms with E-state index in [1.165, 1.54) is 12.1 Å². The molecule has 0 radical (unpaired) electrons. The smallest absolute Gasteiger partial charge is 0.254 e. The van der Waals surface area contributed by atoms with Crippen LogP contribution in [0.15, 0.2) is 12.1 Å². The number of amides is 1. The number of benzene rings is 1. The van der Waals surface area contributed by atoms with Gasteiger partial charge in [0.1, 0.15) is 0 Å². The minimum atomic E-state index is -0.159. The summed E-state index contributed by atoms with van der Waals surface area (Å²) in [4.78, 5) is 14.2. The summed E-state index contributed by atoms with van der Waals surface area (Å²) in [5.74, 6) is -0.159. The van der Waals surface area contributed by atoms with Gasteiger partial charge in [0.25, 0.3) is 5.91 Å². The molecule has 5 nitrogen and oxygen atoms in total. The van der Waals surface area contributed by atoms with Crippen LogP contribution >= 0.6 is 23.2 Å². The van der Waals surface area contributed by atoms with Crippen LogP contribution in [-0.4, -0.2) is 51.3 Å². The number of rotatable bonds is 8. The Hall–Kier alpha value is -1.01. The summed E-state index contributed by atoms with van der Waals surface area (Å²) < 4.78 is 10.0. The predicted octanol–water partition coefficient (Wildman–Crippen LogP) is 2.70. The van der Waals surface area contributed by atoms with Gasteiger partial charge in [-0.3, -0.25) is 4.79 Å². The van der Waals surface area contributed by atoms with Crippen molar-refractivity contribution in [2.24, 2.45) is 0 Å². The summed E-state index contributed by atoms with van der Waals surface area (Å²) >= 11 is 11.9. The molecule has 0 atom stereocenters. The van der Waals surface area contributed by atoms with Crippen molar-refractivity contribution in [3.63, 3.8) is 0 Å². The van der Waals surface area contributed by atoms with E-state index < -0.39 is 0 Å². The van der Waals surface area contributed by atoms with Gasteiger partial charge in [0, 0.05) is 39.5 Å². The van der Waals surface area contributed by atoms with Gasteiger partial charge < -0.3 is 20.1 Å². The molecule has 118 valence electrons. The van der Waals surface area contributed by atoms with Crippen LogP contribution in [0.3, 0.4) is 0 Å². The first-order valence-electron chi connectivity index (χ1n) is 6.53. The van der Waals surface area contributed by atoms with Gasteiger partial charge in [-0.1, -0.05) is 23.2 Å². The molecule has 1 aromatic rings. The number of anilines is 1.